The highest BCUT2D eigenvalue weighted by atomic mass is 16.5. The van der Waals surface area contributed by atoms with E-state index in [0.29, 0.717) is 11.5 Å². The van der Waals surface area contributed by atoms with E-state index in [4.69, 9.17) is 14.6 Å². The van der Waals surface area contributed by atoms with Crippen LogP contribution in [0.5, 0.6) is 11.5 Å². The number of rotatable bonds is 6. The molecule has 6 nitrogen and oxygen atoms in total. The maximum absolute atomic E-state index is 12.1. The lowest BCUT2D eigenvalue weighted by molar-refractivity contribution is -0.138. The van der Waals surface area contributed by atoms with Gasteiger partial charge in [-0.25, -0.2) is 0 Å². The molecular formula is C14H19NO5. The van der Waals surface area contributed by atoms with E-state index in [1.54, 1.807) is 18.2 Å². The van der Waals surface area contributed by atoms with Crippen LogP contribution in [-0.2, 0) is 4.79 Å². The van der Waals surface area contributed by atoms with Crippen molar-refractivity contribution in [1.29, 1.82) is 0 Å². The second-order valence-corrected chi connectivity index (χ2v) is 4.56. The summed E-state index contributed by atoms with van der Waals surface area (Å²) in [7, 11) is 1.51. The molecular weight excluding hydrogens is 262 g/mol. The smallest absolute Gasteiger partial charge is 0.325 e. The molecule has 0 radical (unpaired) electrons. The molecule has 110 valence electrons. The van der Waals surface area contributed by atoms with Crippen molar-refractivity contribution >= 4 is 11.9 Å². The highest BCUT2D eigenvalue weighted by Crippen LogP contribution is 2.25. The van der Waals surface area contributed by atoms with E-state index in [9.17, 15) is 9.59 Å². The summed E-state index contributed by atoms with van der Waals surface area (Å²) < 4.78 is 10.6. The summed E-state index contributed by atoms with van der Waals surface area (Å²) in [5.74, 6) is -0.686. The summed E-state index contributed by atoms with van der Waals surface area (Å²) in [6, 6.07) is 3.78. The van der Waals surface area contributed by atoms with Crippen molar-refractivity contribution in [2.45, 2.75) is 32.9 Å². The van der Waals surface area contributed by atoms with Gasteiger partial charge in [-0.3, -0.25) is 9.59 Å². The molecule has 0 saturated heterocycles. The van der Waals surface area contributed by atoms with Crippen LogP contribution in [0.3, 0.4) is 0 Å². The van der Waals surface area contributed by atoms with Crippen LogP contribution < -0.4 is 14.8 Å². The Morgan fingerprint density at radius 2 is 1.90 bits per heavy atom. The molecule has 1 atom stereocenters. The van der Waals surface area contributed by atoms with Crippen LogP contribution in [0.2, 0.25) is 0 Å². The summed E-state index contributed by atoms with van der Waals surface area (Å²) >= 11 is 0. The zero-order valence-corrected chi connectivity index (χ0v) is 12.0. The van der Waals surface area contributed by atoms with Crippen molar-refractivity contribution in [1.82, 2.24) is 5.32 Å². The lowest BCUT2D eigenvalue weighted by Gasteiger charge is -2.16. The molecule has 20 heavy (non-hydrogen) atoms. The number of amides is 1. The number of carboxylic acids is 1. The average molecular weight is 281 g/mol. The Morgan fingerprint density at radius 1 is 1.25 bits per heavy atom. The second-order valence-electron chi connectivity index (χ2n) is 4.56. The number of aliphatic carboxylic acids is 1. The van der Waals surface area contributed by atoms with Crippen molar-refractivity contribution in [2.75, 3.05) is 7.11 Å². The zero-order chi connectivity index (χ0) is 15.3. The lowest BCUT2D eigenvalue weighted by atomic mass is 10.1. The van der Waals surface area contributed by atoms with Gasteiger partial charge in [-0.15, -0.1) is 0 Å². The van der Waals surface area contributed by atoms with Crippen LogP contribution in [0.15, 0.2) is 18.2 Å². The van der Waals surface area contributed by atoms with Gasteiger partial charge in [-0.05, 0) is 32.9 Å². The first-order chi connectivity index (χ1) is 9.35. The number of carbonyl (C=O) groups excluding carboxylic acids is 1. The van der Waals surface area contributed by atoms with Crippen molar-refractivity contribution in [3.05, 3.63) is 23.8 Å². The van der Waals surface area contributed by atoms with E-state index in [1.807, 2.05) is 13.8 Å². The Hall–Kier alpha value is -2.24. The molecule has 0 aliphatic heterocycles. The predicted octanol–water partition coefficient (Wildman–Crippen LogP) is 1.69. The lowest BCUT2D eigenvalue weighted by Crippen LogP contribution is -2.38. The number of ether oxygens (including phenoxy) is 2. The first-order valence-electron chi connectivity index (χ1n) is 6.23. The number of carbonyl (C=O) groups is 2. The van der Waals surface area contributed by atoms with Crippen LogP contribution in [0.25, 0.3) is 0 Å². The minimum Gasteiger partial charge on any atom is -0.497 e. The summed E-state index contributed by atoms with van der Waals surface area (Å²) in [6.07, 6.45) is -0.120. The molecule has 1 amide bonds. The van der Waals surface area contributed by atoms with Gasteiger partial charge < -0.3 is 19.9 Å². The van der Waals surface area contributed by atoms with Gasteiger partial charge >= 0.3 is 5.97 Å². The van der Waals surface area contributed by atoms with Gasteiger partial charge in [0.2, 0.25) is 0 Å². The van der Waals surface area contributed by atoms with Gasteiger partial charge in [0.15, 0.2) is 0 Å². The quantitative estimate of drug-likeness (QED) is 0.828. The van der Waals surface area contributed by atoms with Crippen LogP contribution in [0.1, 0.15) is 31.1 Å². The first kappa shape index (κ1) is 15.8. The van der Waals surface area contributed by atoms with Crippen LogP contribution in [0.4, 0.5) is 0 Å². The van der Waals surface area contributed by atoms with Crippen molar-refractivity contribution in [3.63, 3.8) is 0 Å². The van der Waals surface area contributed by atoms with Gasteiger partial charge in [0.25, 0.3) is 5.91 Å². The third kappa shape index (κ3) is 4.15. The fourth-order valence-electron chi connectivity index (χ4n) is 1.50. The molecule has 0 fully saturated rings. The third-order valence-corrected chi connectivity index (χ3v) is 2.51. The van der Waals surface area contributed by atoms with E-state index in [2.05, 4.69) is 5.32 Å². The topological polar surface area (TPSA) is 84.9 Å². The average Bonchev–Trinajstić information content (AvgIpc) is 2.37. The van der Waals surface area contributed by atoms with Crippen LogP contribution >= 0.6 is 0 Å². The van der Waals surface area contributed by atoms with E-state index < -0.39 is 17.9 Å². The molecule has 6 heteroatoms. The molecule has 1 unspecified atom stereocenters. The maximum Gasteiger partial charge on any atom is 0.325 e. The molecule has 1 aromatic rings. The van der Waals surface area contributed by atoms with Gasteiger partial charge in [-0.2, -0.15) is 0 Å². The van der Waals surface area contributed by atoms with Crippen molar-refractivity contribution in [3.8, 4) is 11.5 Å². The molecule has 1 rings (SSSR count). The number of carboxylic acid groups (broad SMARTS) is 1. The van der Waals surface area contributed by atoms with Gasteiger partial charge in [0.05, 0.1) is 18.8 Å². The molecule has 0 bridgehead atoms. The summed E-state index contributed by atoms with van der Waals surface area (Å²) in [5.41, 5.74) is 0.271. The first-order valence-corrected chi connectivity index (χ1v) is 6.23. The highest BCUT2D eigenvalue weighted by molar-refractivity contribution is 5.99. The molecule has 0 spiro atoms. The highest BCUT2D eigenvalue weighted by Gasteiger charge is 2.19. The Kier molecular flexibility index (Phi) is 5.37. The molecule has 0 aliphatic rings. The van der Waals surface area contributed by atoms with Crippen LogP contribution in [0, 0.1) is 0 Å². The minimum atomic E-state index is -1.10. The molecule has 0 heterocycles. The molecule has 0 aromatic heterocycles. The normalized spacial score (nSPS) is 11.8. The Bertz CT molecular complexity index is 498. The zero-order valence-electron chi connectivity index (χ0n) is 12.0. The third-order valence-electron chi connectivity index (χ3n) is 2.51. The molecule has 1 aromatic carbocycles. The Balaban J connectivity index is 3.03. The summed E-state index contributed by atoms with van der Waals surface area (Å²) in [4.78, 5) is 22.8. The van der Waals surface area contributed by atoms with Crippen molar-refractivity contribution < 1.29 is 24.2 Å². The second kappa shape index (κ2) is 6.79. The fourth-order valence-corrected chi connectivity index (χ4v) is 1.50. The standard InChI is InChI=1S/C14H19NO5/c1-8(2)20-12-7-10(19-4)5-6-11(12)13(16)15-9(3)14(17)18/h5-9H,1-4H3,(H,15,16)(H,17,18). The number of hydrogen-bond donors (Lipinski definition) is 2. The van der Waals surface area contributed by atoms with Crippen LogP contribution in [-0.4, -0.2) is 36.2 Å². The van der Waals surface area contributed by atoms with E-state index in [1.165, 1.54) is 14.0 Å². The summed E-state index contributed by atoms with van der Waals surface area (Å²) in [6.45, 7) is 5.06. The van der Waals surface area contributed by atoms with Gasteiger partial charge in [0.1, 0.15) is 17.5 Å². The van der Waals surface area contributed by atoms with Crippen molar-refractivity contribution in [2.24, 2.45) is 0 Å². The fraction of sp³-hybridized carbons (Fsp3) is 0.429. The SMILES string of the molecule is COc1ccc(C(=O)NC(C)C(=O)O)c(OC(C)C)c1. The number of nitrogens with one attached hydrogen (secondary N) is 1. The number of benzene rings is 1. The Morgan fingerprint density at radius 3 is 2.40 bits per heavy atom. The monoisotopic (exact) mass is 281 g/mol. The number of hydrogen-bond acceptors (Lipinski definition) is 4. The number of methoxy groups -OCH3 is 1. The molecule has 0 aliphatic carbocycles. The van der Waals surface area contributed by atoms with Gasteiger partial charge in [0, 0.05) is 6.07 Å². The van der Waals surface area contributed by atoms with E-state index in [0.717, 1.165) is 0 Å². The van der Waals surface area contributed by atoms with Gasteiger partial charge in [-0.1, -0.05) is 0 Å². The maximum atomic E-state index is 12.1. The summed E-state index contributed by atoms with van der Waals surface area (Å²) in [5, 5.41) is 11.2. The Labute approximate surface area is 117 Å². The minimum absolute atomic E-state index is 0.120. The van der Waals surface area contributed by atoms with E-state index in [-0.39, 0.29) is 11.7 Å². The molecule has 2 N–H and O–H groups in total. The van der Waals surface area contributed by atoms with E-state index >= 15 is 0 Å². The predicted molar refractivity (Wildman–Crippen MR) is 73.3 cm³/mol. The largest absolute Gasteiger partial charge is 0.497 e. The molecule has 0 saturated carbocycles.